The highest BCUT2D eigenvalue weighted by atomic mass is 19.1. The Kier molecular flexibility index (Phi) is 9.54. The minimum absolute atomic E-state index is 0.00422. The van der Waals surface area contributed by atoms with Gasteiger partial charge in [0, 0.05) is 42.8 Å². The average Bonchev–Trinajstić information content (AvgIpc) is 3.31. The van der Waals surface area contributed by atoms with Gasteiger partial charge in [0.05, 0.1) is 24.5 Å². The molecule has 196 valence electrons. The Morgan fingerprint density at radius 2 is 1.92 bits per heavy atom. The number of aromatic amines is 1. The monoisotopic (exact) mass is 498 g/mol. The molecule has 1 amide bonds. The molecule has 1 aliphatic rings. The first kappa shape index (κ1) is 27.7. The molecule has 2 heterocycles. The number of rotatable bonds is 11. The van der Waals surface area contributed by atoms with E-state index in [0.29, 0.717) is 23.6 Å². The SMILES string of the molecule is Cc1ccc(-c2cnc([C@H](C)CC(=O)[C@H](CC(=O)N3CCCC[C@@H]3C)NCC(=O)C(C)C)[nH]2)c(F)c1. The third-order valence-electron chi connectivity index (χ3n) is 7.04. The van der Waals surface area contributed by atoms with Crippen molar-refractivity contribution in [1.82, 2.24) is 20.2 Å². The van der Waals surface area contributed by atoms with Gasteiger partial charge < -0.3 is 15.2 Å². The fraction of sp³-hybridized carbons (Fsp3) is 0.571. The van der Waals surface area contributed by atoms with E-state index in [9.17, 15) is 18.8 Å². The number of piperidine rings is 1. The number of halogens is 1. The zero-order chi connectivity index (χ0) is 26.4. The van der Waals surface area contributed by atoms with Crippen LogP contribution in [0.5, 0.6) is 0 Å². The molecule has 1 saturated heterocycles. The molecule has 0 saturated carbocycles. The predicted octanol–water partition coefficient (Wildman–Crippen LogP) is 4.56. The Morgan fingerprint density at radius 3 is 2.58 bits per heavy atom. The standard InChI is InChI=1S/C28H39FN4O3/c1-17(2)26(35)16-30-23(14-27(36)33-11-7-6-8-20(33)5)25(34)13-19(4)28-31-15-24(32-28)21-10-9-18(3)12-22(21)29/h9-10,12,15,17,19-20,23,30H,6-8,11,13-14,16H2,1-5H3,(H,31,32)/t19-,20+,23+/m1/s1. The number of ketones is 2. The largest absolute Gasteiger partial charge is 0.342 e. The summed E-state index contributed by atoms with van der Waals surface area (Å²) in [4.78, 5) is 48.0. The highest BCUT2D eigenvalue weighted by molar-refractivity contribution is 5.91. The van der Waals surface area contributed by atoms with Crippen LogP contribution in [0, 0.1) is 18.7 Å². The number of Topliss-reactive ketones (excluding diaryl/α,β-unsaturated/α-hetero) is 2. The Balaban J connectivity index is 1.70. The molecule has 7 nitrogen and oxygen atoms in total. The zero-order valence-corrected chi connectivity index (χ0v) is 22.1. The minimum atomic E-state index is -0.749. The summed E-state index contributed by atoms with van der Waals surface area (Å²) in [5.41, 5.74) is 1.80. The van der Waals surface area contributed by atoms with Crippen molar-refractivity contribution in [3.63, 3.8) is 0 Å². The molecule has 0 bridgehead atoms. The van der Waals surface area contributed by atoms with Crippen LogP contribution >= 0.6 is 0 Å². The van der Waals surface area contributed by atoms with Gasteiger partial charge in [-0.15, -0.1) is 0 Å². The van der Waals surface area contributed by atoms with Crippen molar-refractivity contribution < 1.29 is 18.8 Å². The smallest absolute Gasteiger partial charge is 0.224 e. The number of hydrogen-bond acceptors (Lipinski definition) is 5. The number of amides is 1. The number of nitrogens with one attached hydrogen (secondary N) is 2. The molecule has 0 aliphatic carbocycles. The van der Waals surface area contributed by atoms with Gasteiger partial charge in [-0.25, -0.2) is 9.37 Å². The summed E-state index contributed by atoms with van der Waals surface area (Å²) < 4.78 is 14.4. The average molecular weight is 499 g/mol. The van der Waals surface area contributed by atoms with E-state index in [4.69, 9.17) is 0 Å². The zero-order valence-electron chi connectivity index (χ0n) is 22.1. The van der Waals surface area contributed by atoms with Gasteiger partial charge in [0.2, 0.25) is 5.91 Å². The van der Waals surface area contributed by atoms with Crippen LogP contribution in [-0.4, -0.2) is 57.5 Å². The van der Waals surface area contributed by atoms with Crippen LogP contribution in [0.25, 0.3) is 11.3 Å². The van der Waals surface area contributed by atoms with Crippen molar-refractivity contribution in [1.29, 1.82) is 0 Å². The Hall–Kier alpha value is -2.87. The number of nitrogens with zero attached hydrogens (tertiary/aromatic N) is 2. The van der Waals surface area contributed by atoms with Crippen molar-refractivity contribution >= 4 is 17.5 Å². The molecule has 0 unspecified atom stereocenters. The molecule has 3 rings (SSSR count). The summed E-state index contributed by atoms with van der Waals surface area (Å²) in [7, 11) is 0. The Labute approximate surface area is 213 Å². The predicted molar refractivity (Wildman–Crippen MR) is 138 cm³/mol. The van der Waals surface area contributed by atoms with Crippen molar-refractivity contribution in [3.8, 4) is 11.3 Å². The molecule has 1 aliphatic heterocycles. The van der Waals surface area contributed by atoms with Crippen molar-refractivity contribution in [2.75, 3.05) is 13.1 Å². The lowest BCUT2D eigenvalue weighted by atomic mass is 9.96. The molecule has 1 fully saturated rings. The molecule has 2 N–H and O–H groups in total. The molecule has 2 aromatic rings. The fourth-order valence-electron chi connectivity index (χ4n) is 4.59. The maximum absolute atomic E-state index is 14.4. The fourth-order valence-corrected chi connectivity index (χ4v) is 4.59. The lowest BCUT2D eigenvalue weighted by molar-refractivity contribution is -0.137. The van der Waals surface area contributed by atoms with E-state index in [1.54, 1.807) is 12.3 Å². The third kappa shape index (κ3) is 7.09. The molecule has 8 heteroatoms. The number of carbonyl (C=O) groups is 3. The summed E-state index contributed by atoms with van der Waals surface area (Å²) in [5, 5.41) is 3.06. The summed E-state index contributed by atoms with van der Waals surface area (Å²) >= 11 is 0. The summed E-state index contributed by atoms with van der Waals surface area (Å²) in [6.45, 7) is 10.1. The van der Waals surface area contributed by atoms with Crippen LogP contribution in [0.15, 0.2) is 24.4 Å². The molecule has 0 radical (unpaired) electrons. The number of imidazole rings is 1. The van der Waals surface area contributed by atoms with Crippen LogP contribution in [0.4, 0.5) is 4.39 Å². The minimum Gasteiger partial charge on any atom is -0.342 e. The van der Waals surface area contributed by atoms with E-state index < -0.39 is 6.04 Å². The number of benzene rings is 1. The Bertz CT molecular complexity index is 1080. The van der Waals surface area contributed by atoms with Crippen LogP contribution in [0.1, 0.15) is 77.1 Å². The topological polar surface area (TPSA) is 95.2 Å². The van der Waals surface area contributed by atoms with Crippen molar-refractivity contribution in [3.05, 3.63) is 41.6 Å². The van der Waals surface area contributed by atoms with Crippen LogP contribution < -0.4 is 5.32 Å². The van der Waals surface area contributed by atoms with Gasteiger partial charge >= 0.3 is 0 Å². The van der Waals surface area contributed by atoms with E-state index in [1.807, 2.05) is 45.6 Å². The van der Waals surface area contributed by atoms with E-state index >= 15 is 0 Å². The molecular formula is C28H39FN4O3. The molecule has 1 aromatic heterocycles. The number of hydrogen-bond donors (Lipinski definition) is 2. The second-order valence-electron chi connectivity index (χ2n) is 10.4. The van der Waals surface area contributed by atoms with E-state index in [-0.39, 0.29) is 60.6 Å². The number of likely N-dealkylation sites (tertiary alicyclic amines) is 1. The summed E-state index contributed by atoms with van der Waals surface area (Å²) in [6, 6.07) is 4.41. The van der Waals surface area contributed by atoms with Crippen LogP contribution in [-0.2, 0) is 14.4 Å². The number of H-pyrrole nitrogens is 1. The van der Waals surface area contributed by atoms with E-state index in [2.05, 4.69) is 15.3 Å². The van der Waals surface area contributed by atoms with Crippen LogP contribution in [0.2, 0.25) is 0 Å². The highest BCUT2D eigenvalue weighted by Crippen LogP contribution is 2.26. The molecule has 3 atom stereocenters. The normalized spacial score (nSPS) is 17.8. The lowest BCUT2D eigenvalue weighted by Crippen LogP contribution is -2.48. The first-order chi connectivity index (χ1) is 17.1. The second-order valence-corrected chi connectivity index (χ2v) is 10.4. The molecule has 0 spiro atoms. The maximum atomic E-state index is 14.4. The number of carbonyl (C=O) groups excluding carboxylic acids is 3. The summed E-state index contributed by atoms with van der Waals surface area (Å²) in [5.74, 6) is -0.396. The quantitative estimate of drug-likeness (QED) is 0.474. The van der Waals surface area contributed by atoms with E-state index in [0.717, 1.165) is 24.8 Å². The maximum Gasteiger partial charge on any atom is 0.224 e. The van der Waals surface area contributed by atoms with Gasteiger partial charge in [0.1, 0.15) is 17.4 Å². The number of aryl methyl sites for hydroxylation is 1. The second kappa shape index (κ2) is 12.4. The van der Waals surface area contributed by atoms with Crippen LogP contribution in [0.3, 0.4) is 0 Å². The number of aromatic nitrogens is 2. The first-order valence-electron chi connectivity index (χ1n) is 13.0. The van der Waals surface area contributed by atoms with Crippen molar-refractivity contribution in [2.24, 2.45) is 5.92 Å². The third-order valence-corrected chi connectivity index (χ3v) is 7.04. The summed E-state index contributed by atoms with van der Waals surface area (Å²) in [6.07, 6.45) is 4.77. The van der Waals surface area contributed by atoms with Gasteiger partial charge in [0.25, 0.3) is 0 Å². The van der Waals surface area contributed by atoms with Gasteiger partial charge in [-0.05, 0) is 50.8 Å². The molecule has 1 aromatic carbocycles. The van der Waals surface area contributed by atoms with Crippen molar-refractivity contribution in [2.45, 2.75) is 84.7 Å². The van der Waals surface area contributed by atoms with Gasteiger partial charge in [-0.2, -0.15) is 0 Å². The lowest BCUT2D eigenvalue weighted by Gasteiger charge is -2.34. The highest BCUT2D eigenvalue weighted by Gasteiger charge is 2.30. The van der Waals surface area contributed by atoms with Gasteiger partial charge in [0.15, 0.2) is 5.78 Å². The Morgan fingerprint density at radius 1 is 1.17 bits per heavy atom. The van der Waals surface area contributed by atoms with Gasteiger partial charge in [-0.3, -0.25) is 14.4 Å². The van der Waals surface area contributed by atoms with E-state index in [1.165, 1.54) is 6.07 Å². The van der Waals surface area contributed by atoms with Gasteiger partial charge in [-0.1, -0.05) is 26.8 Å². The first-order valence-corrected chi connectivity index (χ1v) is 13.0. The molecule has 36 heavy (non-hydrogen) atoms. The molecular weight excluding hydrogens is 459 g/mol.